The quantitative estimate of drug-likeness (QED) is 0.0261. The van der Waals surface area contributed by atoms with Gasteiger partial charge in [0, 0.05) is 19.3 Å². The van der Waals surface area contributed by atoms with Gasteiger partial charge < -0.3 is 14.2 Å². The molecule has 1 unspecified atom stereocenters. The van der Waals surface area contributed by atoms with Gasteiger partial charge in [-0.25, -0.2) is 0 Å². The maximum atomic E-state index is 12.9. The molecule has 0 aliphatic carbocycles. The van der Waals surface area contributed by atoms with Crippen LogP contribution in [0.4, 0.5) is 0 Å². The fourth-order valence-electron chi connectivity index (χ4n) is 8.71. The first kappa shape index (κ1) is 77.8. The largest absolute Gasteiger partial charge is 0.462 e. The normalized spacial score (nSPS) is 13.2. The van der Waals surface area contributed by atoms with Crippen LogP contribution in [0.5, 0.6) is 0 Å². The van der Waals surface area contributed by atoms with E-state index in [1.165, 1.54) is 51.4 Å². The van der Waals surface area contributed by atoms with Crippen LogP contribution in [0.1, 0.15) is 278 Å². The molecular weight excluding hydrogens is 1020 g/mol. The first-order chi connectivity index (χ1) is 41.0. The zero-order chi connectivity index (χ0) is 59.9. The fourth-order valence-corrected chi connectivity index (χ4v) is 8.71. The van der Waals surface area contributed by atoms with Crippen LogP contribution in [0.25, 0.3) is 0 Å². The third-order valence-corrected chi connectivity index (χ3v) is 13.7. The fraction of sp³-hybridized carbons (Fsp3) is 0.597. The lowest BCUT2D eigenvalue weighted by molar-refractivity contribution is -0.167. The third-order valence-electron chi connectivity index (χ3n) is 13.7. The Labute approximate surface area is 511 Å². The molecule has 0 N–H and O–H groups in total. The molecule has 0 fully saturated rings. The van der Waals surface area contributed by atoms with Gasteiger partial charge in [0.2, 0.25) is 0 Å². The lowest BCUT2D eigenvalue weighted by atomic mass is 10.1. The zero-order valence-corrected chi connectivity index (χ0v) is 53.4. The molecular formula is C77H122O6. The topological polar surface area (TPSA) is 78.9 Å². The molecule has 0 aromatic carbocycles. The van der Waals surface area contributed by atoms with E-state index in [2.05, 4.69) is 191 Å². The van der Waals surface area contributed by atoms with Crippen molar-refractivity contribution < 1.29 is 28.6 Å². The van der Waals surface area contributed by atoms with E-state index >= 15 is 0 Å². The van der Waals surface area contributed by atoms with Crippen molar-refractivity contribution in [2.24, 2.45) is 0 Å². The Morgan fingerprint density at radius 3 is 0.735 bits per heavy atom. The van der Waals surface area contributed by atoms with Gasteiger partial charge in [0.1, 0.15) is 13.2 Å². The molecule has 0 saturated carbocycles. The molecule has 83 heavy (non-hydrogen) atoms. The van der Waals surface area contributed by atoms with Crippen molar-refractivity contribution in [1.29, 1.82) is 0 Å². The average molecular weight is 1140 g/mol. The summed E-state index contributed by atoms with van der Waals surface area (Å²) < 4.78 is 16.9. The standard InChI is InChI=1S/C77H122O6/c1-4-7-10-13-16-19-22-25-28-30-31-32-33-34-35-36-37-38-39-40-41-42-43-44-45-47-49-52-55-58-61-64-67-70-76(79)82-73-74(72-81-75(78)69-66-63-60-57-54-51-48-27-24-21-18-15-12-9-6-3)83-77(80)71-68-65-62-59-56-53-50-46-29-26-23-20-17-14-11-8-5-2/h7-8,10-11,16-21,25-29,31-32,34-35,37-38,40-41,43-44,47-49,74H,4-6,9,12-15,22-24,30,33,36,39,42,45-46,50-73H2,1-3H3/b10-7-,11-8-,19-16-,20-17-,21-18-,28-25-,29-26-,32-31-,35-34-,38-37-,41-40-,44-43-,48-27-,49-47-. The molecule has 6 nitrogen and oxygen atoms in total. The van der Waals surface area contributed by atoms with Crippen LogP contribution in [-0.2, 0) is 28.6 Å². The van der Waals surface area contributed by atoms with E-state index in [9.17, 15) is 14.4 Å². The first-order valence-electron chi connectivity index (χ1n) is 33.6. The number of carbonyl (C=O) groups excluding carboxylic acids is 3. The highest BCUT2D eigenvalue weighted by Gasteiger charge is 2.19. The number of carbonyl (C=O) groups is 3. The summed E-state index contributed by atoms with van der Waals surface area (Å²) in [7, 11) is 0. The molecule has 1 atom stereocenters. The zero-order valence-electron chi connectivity index (χ0n) is 53.4. The van der Waals surface area contributed by atoms with Crippen LogP contribution in [0, 0.1) is 0 Å². The van der Waals surface area contributed by atoms with Gasteiger partial charge in [0.25, 0.3) is 0 Å². The van der Waals surface area contributed by atoms with Gasteiger partial charge in [0.15, 0.2) is 6.10 Å². The minimum Gasteiger partial charge on any atom is -0.462 e. The molecule has 0 amide bonds. The Bertz CT molecular complexity index is 1890. The van der Waals surface area contributed by atoms with Crippen LogP contribution in [-0.4, -0.2) is 37.2 Å². The van der Waals surface area contributed by atoms with Crippen molar-refractivity contribution in [3.05, 3.63) is 170 Å². The van der Waals surface area contributed by atoms with E-state index in [0.29, 0.717) is 19.3 Å². The molecule has 0 spiro atoms. The first-order valence-corrected chi connectivity index (χ1v) is 33.6. The maximum absolute atomic E-state index is 12.9. The molecule has 0 heterocycles. The summed E-state index contributed by atoms with van der Waals surface area (Å²) >= 11 is 0. The molecule has 0 aromatic rings. The number of rotatable bonds is 59. The van der Waals surface area contributed by atoms with Crippen molar-refractivity contribution in [3.63, 3.8) is 0 Å². The van der Waals surface area contributed by atoms with Crippen LogP contribution in [0.15, 0.2) is 170 Å². The van der Waals surface area contributed by atoms with Crippen molar-refractivity contribution in [2.75, 3.05) is 13.2 Å². The van der Waals surface area contributed by atoms with E-state index < -0.39 is 6.10 Å². The van der Waals surface area contributed by atoms with Gasteiger partial charge >= 0.3 is 17.9 Å². The molecule has 0 aliphatic rings. The minimum absolute atomic E-state index is 0.102. The Morgan fingerprint density at radius 1 is 0.253 bits per heavy atom. The molecule has 0 radical (unpaired) electrons. The highest BCUT2D eigenvalue weighted by Crippen LogP contribution is 2.14. The Hall–Kier alpha value is -5.23. The van der Waals surface area contributed by atoms with Gasteiger partial charge in [0.05, 0.1) is 0 Å². The Kier molecular flexibility index (Phi) is 64.9. The third kappa shape index (κ3) is 67.4. The predicted octanol–water partition coefficient (Wildman–Crippen LogP) is 23.4. The summed E-state index contributed by atoms with van der Waals surface area (Å²) in [4.78, 5) is 38.4. The molecule has 466 valence electrons. The van der Waals surface area contributed by atoms with Crippen molar-refractivity contribution in [1.82, 2.24) is 0 Å². The van der Waals surface area contributed by atoms with E-state index in [4.69, 9.17) is 14.2 Å². The number of unbranched alkanes of at least 4 members (excludes halogenated alkanes) is 20. The Morgan fingerprint density at radius 2 is 0.470 bits per heavy atom. The molecule has 0 aliphatic heterocycles. The van der Waals surface area contributed by atoms with E-state index in [0.717, 1.165) is 186 Å². The highest BCUT2D eigenvalue weighted by atomic mass is 16.6. The van der Waals surface area contributed by atoms with Gasteiger partial charge in [-0.3, -0.25) is 14.4 Å². The summed E-state index contributed by atoms with van der Waals surface area (Å²) in [6.45, 7) is 6.35. The SMILES string of the molecule is CC/C=C\C/C=C\C/C=C\C/C=C\C/C=C\C/C=C\C/C=C\C/C=C\C/C=C\CCCCCCCC(=O)OCC(COC(=O)CCCCCCC/C=C\C/C=C\CCCCC)OC(=O)CCCCCCCCC/C=C\C/C=C\C/C=C\CC. The molecule has 0 aromatic heterocycles. The minimum atomic E-state index is -0.807. The van der Waals surface area contributed by atoms with Crippen molar-refractivity contribution in [3.8, 4) is 0 Å². The van der Waals surface area contributed by atoms with E-state index in [1.54, 1.807) is 0 Å². The lowest BCUT2D eigenvalue weighted by Crippen LogP contribution is -2.30. The van der Waals surface area contributed by atoms with Crippen LogP contribution >= 0.6 is 0 Å². The number of esters is 3. The smallest absolute Gasteiger partial charge is 0.306 e. The van der Waals surface area contributed by atoms with E-state index in [1.807, 2.05) is 0 Å². The summed E-state index contributed by atoms with van der Waals surface area (Å²) in [5.74, 6) is -0.947. The van der Waals surface area contributed by atoms with Gasteiger partial charge in [-0.15, -0.1) is 0 Å². The molecule has 6 heteroatoms. The molecule has 0 saturated heterocycles. The van der Waals surface area contributed by atoms with Gasteiger partial charge in [-0.05, 0) is 154 Å². The summed E-state index contributed by atoms with van der Waals surface area (Å²) in [5.41, 5.74) is 0. The van der Waals surface area contributed by atoms with Crippen molar-refractivity contribution >= 4 is 17.9 Å². The van der Waals surface area contributed by atoms with Crippen LogP contribution in [0.3, 0.4) is 0 Å². The van der Waals surface area contributed by atoms with E-state index in [-0.39, 0.29) is 31.1 Å². The van der Waals surface area contributed by atoms with Crippen LogP contribution < -0.4 is 0 Å². The number of ether oxygens (including phenoxy) is 3. The number of hydrogen-bond acceptors (Lipinski definition) is 6. The van der Waals surface area contributed by atoms with Gasteiger partial charge in [-0.2, -0.15) is 0 Å². The second kappa shape index (κ2) is 69.3. The lowest BCUT2D eigenvalue weighted by Gasteiger charge is -2.18. The molecule has 0 bridgehead atoms. The average Bonchev–Trinajstić information content (AvgIpc) is 3.49. The maximum Gasteiger partial charge on any atom is 0.306 e. The monoisotopic (exact) mass is 1140 g/mol. The summed E-state index contributed by atoms with van der Waals surface area (Å²) in [6, 6.07) is 0. The van der Waals surface area contributed by atoms with Crippen LogP contribution in [0.2, 0.25) is 0 Å². The number of hydrogen-bond donors (Lipinski definition) is 0. The number of allylic oxidation sites excluding steroid dienone is 28. The van der Waals surface area contributed by atoms with Crippen molar-refractivity contribution in [2.45, 2.75) is 284 Å². The Balaban J connectivity index is 4.39. The highest BCUT2D eigenvalue weighted by molar-refractivity contribution is 5.71. The van der Waals surface area contributed by atoms with Gasteiger partial charge in [-0.1, -0.05) is 274 Å². The second-order valence-electron chi connectivity index (χ2n) is 21.6. The second-order valence-corrected chi connectivity index (χ2v) is 21.6. The predicted molar refractivity (Wildman–Crippen MR) is 361 cm³/mol. The summed E-state index contributed by atoms with van der Waals surface area (Å²) in [6.07, 6.45) is 102. The summed E-state index contributed by atoms with van der Waals surface area (Å²) in [5, 5.41) is 0. The molecule has 0 rings (SSSR count).